The lowest BCUT2D eigenvalue weighted by atomic mass is 9.90. The average Bonchev–Trinajstić information content (AvgIpc) is 3.01. The Hall–Kier alpha value is -1.02. The largest absolute Gasteiger partial charge is 0.496 e. The molecule has 2 nitrogen and oxygen atoms in total. The van der Waals surface area contributed by atoms with E-state index in [9.17, 15) is 5.11 Å². The number of methoxy groups -OCH3 is 1. The topological polar surface area (TPSA) is 29.5 Å². The monoisotopic (exact) mass is 206 g/mol. The molecular weight excluding hydrogens is 188 g/mol. The van der Waals surface area contributed by atoms with E-state index in [4.69, 9.17) is 4.74 Å². The van der Waals surface area contributed by atoms with E-state index >= 15 is 0 Å². The van der Waals surface area contributed by atoms with Gasteiger partial charge in [0.1, 0.15) is 5.75 Å². The molecule has 15 heavy (non-hydrogen) atoms. The van der Waals surface area contributed by atoms with E-state index < -0.39 is 5.60 Å². The van der Waals surface area contributed by atoms with E-state index in [1.165, 1.54) is 12.8 Å². The zero-order chi connectivity index (χ0) is 10.9. The molecule has 1 aromatic rings. The van der Waals surface area contributed by atoms with Crippen molar-refractivity contribution in [1.82, 2.24) is 0 Å². The van der Waals surface area contributed by atoms with Crippen molar-refractivity contribution in [3.05, 3.63) is 29.8 Å². The molecular formula is C13H18O2. The molecule has 0 saturated heterocycles. The molecule has 0 aromatic heterocycles. The average molecular weight is 206 g/mol. The second kappa shape index (κ2) is 3.86. The molecule has 82 valence electrons. The van der Waals surface area contributed by atoms with Gasteiger partial charge in [-0.3, -0.25) is 0 Å². The SMILES string of the molecule is COc1ccccc1C(C)(O)CC1CC1. The first-order valence-corrected chi connectivity index (χ1v) is 5.49. The van der Waals surface area contributed by atoms with Crippen molar-refractivity contribution in [2.24, 2.45) is 5.92 Å². The minimum atomic E-state index is -0.756. The maximum atomic E-state index is 10.4. The van der Waals surface area contributed by atoms with Crippen molar-refractivity contribution in [2.75, 3.05) is 7.11 Å². The van der Waals surface area contributed by atoms with Crippen LogP contribution in [0.25, 0.3) is 0 Å². The Labute approximate surface area is 90.9 Å². The van der Waals surface area contributed by atoms with Crippen molar-refractivity contribution in [3.8, 4) is 5.75 Å². The number of ether oxygens (including phenoxy) is 1. The van der Waals surface area contributed by atoms with Crippen LogP contribution < -0.4 is 4.74 Å². The number of hydrogen-bond donors (Lipinski definition) is 1. The summed E-state index contributed by atoms with van der Waals surface area (Å²) in [6.07, 6.45) is 3.35. The van der Waals surface area contributed by atoms with Crippen LogP contribution in [0.3, 0.4) is 0 Å². The first-order chi connectivity index (χ1) is 7.13. The first kappa shape index (κ1) is 10.5. The van der Waals surface area contributed by atoms with Gasteiger partial charge in [-0.05, 0) is 25.3 Å². The highest BCUT2D eigenvalue weighted by Gasteiger charge is 2.34. The highest BCUT2D eigenvalue weighted by Crippen LogP contribution is 2.42. The van der Waals surface area contributed by atoms with E-state index in [0.29, 0.717) is 5.92 Å². The third kappa shape index (κ3) is 2.32. The summed E-state index contributed by atoms with van der Waals surface area (Å²) in [6.45, 7) is 1.88. The molecule has 1 N–H and O–H groups in total. The van der Waals surface area contributed by atoms with Gasteiger partial charge in [0.05, 0.1) is 12.7 Å². The minimum absolute atomic E-state index is 0.699. The maximum Gasteiger partial charge on any atom is 0.124 e. The van der Waals surface area contributed by atoms with E-state index in [1.807, 2.05) is 31.2 Å². The van der Waals surface area contributed by atoms with E-state index in [1.54, 1.807) is 7.11 Å². The molecule has 0 spiro atoms. The highest BCUT2D eigenvalue weighted by molar-refractivity contribution is 5.37. The number of aliphatic hydroxyl groups is 1. The van der Waals surface area contributed by atoms with Crippen LogP contribution >= 0.6 is 0 Å². The summed E-state index contributed by atoms with van der Waals surface area (Å²) >= 11 is 0. The third-order valence-corrected chi connectivity index (χ3v) is 3.07. The normalized spacial score (nSPS) is 19.7. The zero-order valence-corrected chi connectivity index (χ0v) is 9.36. The fraction of sp³-hybridized carbons (Fsp3) is 0.538. The Bertz CT molecular complexity index is 340. The number of benzene rings is 1. The Morgan fingerprint density at radius 3 is 2.67 bits per heavy atom. The fourth-order valence-corrected chi connectivity index (χ4v) is 2.08. The van der Waals surface area contributed by atoms with E-state index in [2.05, 4.69) is 0 Å². The quantitative estimate of drug-likeness (QED) is 0.820. The molecule has 1 saturated carbocycles. The molecule has 2 heteroatoms. The van der Waals surface area contributed by atoms with E-state index in [0.717, 1.165) is 17.7 Å². The summed E-state index contributed by atoms with van der Waals surface area (Å²) in [7, 11) is 1.64. The van der Waals surface area contributed by atoms with Crippen molar-refractivity contribution >= 4 is 0 Å². The lowest BCUT2D eigenvalue weighted by Crippen LogP contribution is -2.22. The fourth-order valence-electron chi connectivity index (χ4n) is 2.08. The zero-order valence-electron chi connectivity index (χ0n) is 9.36. The summed E-state index contributed by atoms with van der Waals surface area (Å²) in [4.78, 5) is 0. The van der Waals surface area contributed by atoms with Gasteiger partial charge in [0.25, 0.3) is 0 Å². The minimum Gasteiger partial charge on any atom is -0.496 e. The molecule has 1 aliphatic carbocycles. The van der Waals surface area contributed by atoms with Gasteiger partial charge in [-0.1, -0.05) is 31.0 Å². The molecule has 1 fully saturated rings. The molecule has 0 bridgehead atoms. The lowest BCUT2D eigenvalue weighted by molar-refractivity contribution is 0.0393. The van der Waals surface area contributed by atoms with Crippen molar-refractivity contribution < 1.29 is 9.84 Å². The van der Waals surface area contributed by atoms with Crippen LogP contribution in [0.1, 0.15) is 31.7 Å². The summed E-state index contributed by atoms with van der Waals surface area (Å²) < 4.78 is 5.27. The standard InChI is InChI=1S/C13H18O2/c1-13(14,9-10-7-8-10)11-5-3-4-6-12(11)15-2/h3-6,10,14H,7-9H2,1-2H3. The van der Waals surface area contributed by atoms with Crippen molar-refractivity contribution in [1.29, 1.82) is 0 Å². The molecule has 1 aliphatic rings. The molecule has 2 rings (SSSR count). The van der Waals surface area contributed by atoms with Gasteiger partial charge in [-0.2, -0.15) is 0 Å². The Balaban J connectivity index is 2.24. The van der Waals surface area contributed by atoms with Gasteiger partial charge in [0.15, 0.2) is 0 Å². The lowest BCUT2D eigenvalue weighted by Gasteiger charge is -2.25. The Morgan fingerprint density at radius 1 is 1.40 bits per heavy atom. The molecule has 0 radical (unpaired) electrons. The van der Waals surface area contributed by atoms with Gasteiger partial charge in [-0.25, -0.2) is 0 Å². The first-order valence-electron chi connectivity index (χ1n) is 5.49. The van der Waals surface area contributed by atoms with Gasteiger partial charge in [0.2, 0.25) is 0 Å². The maximum absolute atomic E-state index is 10.4. The van der Waals surface area contributed by atoms with E-state index in [-0.39, 0.29) is 0 Å². The second-order valence-corrected chi connectivity index (χ2v) is 4.62. The van der Waals surface area contributed by atoms with Crippen molar-refractivity contribution in [3.63, 3.8) is 0 Å². The van der Waals surface area contributed by atoms with Crippen LogP contribution in [-0.4, -0.2) is 12.2 Å². The Morgan fingerprint density at radius 2 is 2.07 bits per heavy atom. The summed E-state index contributed by atoms with van der Waals surface area (Å²) in [5.74, 6) is 1.48. The smallest absolute Gasteiger partial charge is 0.124 e. The summed E-state index contributed by atoms with van der Waals surface area (Å²) in [6, 6.07) is 7.71. The number of para-hydroxylation sites is 1. The van der Waals surface area contributed by atoms with Crippen LogP contribution in [-0.2, 0) is 5.60 Å². The summed E-state index contributed by atoms with van der Waals surface area (Å²) in [5.41, 5.74) is 0.146. The van der Waals surface area contributed by atoms with Crippen LogP contribution in [0.15, 0.2) is 24.3 Å². The number of hydrogen-bond acceptors (Lipinski definition) is 2. The predicted molar refractivity (Wildman–Crippen MR) is 59.9 cm³/mol. The van der Waals surface area contributed by atoms with Crippen LogP contribution in [0.4, 0.5) is 0 Å². The molecule has 0 amide bonds. The van der Waals surface area contributed by atoms with Gasteiger partial charge >= 0.3 is 0 Å². The van der Waals surface area contributed by atoms with Gasteiger partial charge in [0, 0.05) is 5.56 Å². The summed E-state index contributed by atoms with van der Waals surface area (Å²) in [5, 5.41) is 10.4. The van der Waals surface area contributed by atoms with Crippen LogP contribution in [0, 0.1) is 5.92 Å². The van der Waals surface area contributed by atoms with Crippen LogP contribution in [0.5, 0.6) is 5.75 Å². The second-order valence-electron chi connectivity index (χ2n) is 4.62. The van der Waals surface area contributed by atoms with Crippen molar-refractivity contribution in [2.45, 2.75) is 31.8 Å². The molecule has 0 aliphatic heterocycles. The predicted octanol–water partition coefficient (Wildman–Crippen LogP) is 2.70. The third-order valence-electron chi connectivity index (χ3n) is 3.07. The number of rotatable bonds is 4. The van der Waals surface area contributed by atoms with Gasteiger partial charge < -0.3 is 9.84 Å². The molecule has 1 aromatic carbocycles. The molecule has 1 unspecified atom stereocenters. The molecule has 1 atom stereocenters. The highest BCUT2D eigenvalue weighted by atomic mass is 16.5. The molecule has 0 heterocycles. The van der Waals surface area contributed by atoms with Crippen LogP contribution in [0.2, 0.25) is 0 Å². The van der Waals surface area contributed by atoms with Gasteiger partial charge in [-0.15, -0.1) is 0 Å². The Kier molecular flexibility index (Phi) is 2.70.